The van der Waals surface area contributed by atoms with E-state index < -0.39 is 10.1 Å². The molecule has 0 aliphatic heterocycles. The van der Waals surface area contributed by atoms with Crippen molar-refractivity contribution in [1.29, 1.82) is 0 Å². The first-order valence-corrected chi connectivity index (χ1v) is 4.67. The molecule has 6 heteroatoms. The van der Waals surface area contributed by atoms with Crippen molar-refractivity contribution in [2.75, 3.05) is 0 Å². The molecule has 0 saturated carbocycles. The second-order valence-electron chi connectivity index (χ2n) is 1.98. The van der Waals surface area contributed by atoms with Crippen molar-refractivity contribution in [3.63, 3.8) is 0 Å². The summed E-state index contributed by atoms with van der Waals surface area (Å²) in [6.45, 7) is 0. The number of hydrogen-bond donors (Lipinski definition) is 0. The van der Waals surface area contributed by atoms with Gasteiger partial charge in [0.15, 0.2) is 0 Å². The average Bonchev–Trinajstić information content (AvgIpc) is 2.05. The van der Waals surface area contributed by atoms with Gasteiger partial charge in [0.1, 0.15) is 0 Å². The molecular formula is C6H4ClO4S. The van der Waals surface area contributed by atoms with Gasteiger partial charge in [0.05, 0.1) is 4.90 Å². The third-order valence-corrected chi connectivity index (χ3v) is 2.47. The van der Waals surface area contributed by atoms with Crippen molar-refractivity contribution in [3.8, 4) is 0 Å². The predicted octanol–water partition coefficient (Wildman–Crippen LogP) is 1.39. The fourth-order valence-electron chi connectivity index (χ4n) is 0.641. The second-order valence-corrected chi connectivity index (χ2v) is 3.93. The molecular weight excluding hydrogens is 204 g/mol. The van der Waals surface area contributed by atoms with Crippen molar-refractivity contribution in [1.82, 2.24) is 0 Å². The summed E-state index contributed by atoms with van der Waals surface area (Å²) >= 11 is 5.49. The molecule has 0 N–H and O–H groups in total. The maximum atomic E-state index is 10.7. The molecule has 0 unspecified atom stereocenters. The van der Waals surface area contributed by atoms with Crippen LogP contribution >= 0.6 is 11.6 Å². The minimum Gasteiger partial charge on any atom is -0.191 e. The van der Waals surface area contributed by atoms with Crippen molar-refractivity contribution >= 4 is 21.7 Å². The van der Waals surface area contributed by atoms with E-state index in [4.69, 9.17) is 11.6 Å². The van der Waals surface area contributed by atoms with Crippen LogP contribution in [0.15, 0.2) is 29.2 Å². The summed E-state index contributed by atoms with van der Waals surface area (Å²) in [5.41, 5.74) is 0. The molecule has 1 aromatic rings. The maximum Gasteiger partial charge on any atom is 0.325 e. The normalized spacial score (nSPS) is 11.5. The minimum atomic E-state index is -4.13. The maximum absolute atomic E-state index is 10.7. The largest absolute Gasteiger partial charge is 0.325 e. The highest BCUT2D eigenvalue weighted by Gasteiger charge is 2.14. The topological polar surface area (TPSA) is 63.3 Å². The summed E-state index contributed by atoms with van der Waals surface area (Å²) in [6, 6.07) is 5.09. The first-order valence-electron chi connectivity index (χ1n) is 2.88. The Hall–Kier alpha value is -0.620. The Morgan fingerprint density at radius 1 is 1.17 bits per heavy atom. The minimum absolute atomic E-state index is 0.207. The standard InChI is InChI=1S/C6H4ClO4S/c7-5-1-3-6(4-2-5)12(9,10)11-8/h1-4H. The van der Waals surface area contributed by atoms with Crippen LogP contribution < -0.4 is 0 Å². The van der Waals surface area contributed by atoms with Crippen molar-refractivity contribution < 1.29 is 18.0 Å². The fraction of sp³-hybridized carbons (Fsp3) is 0. The van der Waals surface area contributed by atoms with Crippen LogP contribution in [0.5, 0.6) is 0 Å². The van der Waals surface area contributed by atoms with Crippen LogP contribution in [0.3, 0.4) is 0 Å². The molecule has 0 aliphatic rings. The number of benzene rings is 1. The van der Waals surface area contributed by atoms with E-state index in [0.29, 0.717) is 5.02 Å². The molecule has 12 heavy (non-hydrogen) atoms. The zero-order valence-corrected chi connectivity index (χ0v) is 7.30. The summed E-state index contributed by atoms with van der Waals surface area (Å²) in [7, 11) is -4.13. The molecule has 0 aliphatic carbocycles. The summed E-state index contributed by atoms with van der Waals surface area (Å²) in [5.74, 6) is 0. The summed E-state index contributed by atoms with van der Waals surface area (Å²) < 4.78 is 24.5. The molecule has 1 aromatic carbocycles. The van der Waals surface area contributed by atoms with Gasteiger partial charge in [0.25, 0.3) is 0 Å². The third-order valence-electron chi connectivity index (χ3n) is 1.19. The van der Waals surface area contributed by atoms with Gasteiger partial charge in [-0.05, 0) is 29.5 Å². The van der Waals surface area contributed by atoms with Gasteiger partial charge < -0.3 is 0 Å². The smallest absolute Gasteiger partial charge is 0.191 e. The van der Waals surface area contributed by atoms with E-state index >= 15 is 0 Å². The molecule has 1 rings (SSSR count). The lowest BCUT2D eigenvalue weighted by molar-refractivity contribution is -0.202. The van der Waals surface area contributed by atoms with E-state index in [2.05, 4.69) is 4.33 Å². The van der Waals surface area contributed by atoms with Crippen LogP contribution in [0.25, 0.3) is 0 Å². The highest BCUT2D eigenvalue weighted by Crippen LogP contribution is 2.15. The van der Waals surface area contributed by atoms with E-state index in [1.54, 1.807) is 0 Å². The highest BCUT2D eigenvalue weighted by atomic mass is 35.5. The van der Waals surface area contributed by atoms with E-state index in [-0.39, 0.29) is 4.90 Å². The van der Waals surface area contributed by atoms with Crippen molar-refractivity contribution in [2.24, 2.45) is 0 Å². The van der Waals surface area contributed by atoms with Crippen LogP contribution in [0.2, 0.25) is 5.02 Å². The quantitative estimate of drug-likeness (QED) is 0.544. The van der Waals surface area contributed by atoms with E-state index in [1.165, 1.54) is 24.3 Å². The lowest BCUT2D eigenvalue weighted by Crippen LogP contribution is -2.01. The lowest BCUT2D eigenvalue weighted by atomic mass is 10.4. The molecule has 0 fully saturated rings. The average molecular weight is 208 g/mol. The van der Waals surface area contributed by atoms with Crippen molar-refractivity contribution in [2.45, 2.75) is 4.90 Å². The van der Waals surface area contributed by atoms with Gasteiger partial charge in [0, 0.05) is 5.02 Å². The van der Waals surface area contributed by atoms with Gasteiger partial charge in [-0.25, -0.2) is 0 Å². The molecule has 0 heterocycles. The third kappa shape index (κ3) is 1.95. The summed E-state index contributed by atoms with van der Waals surface area (Å²) in [4.78, 5) is -0.207. The van der Waals surface area contributed by atoms with Crippen LogP contribution in [0.4, 0.5) is 0 Å². The predicted molar refractivity (Wildman–Crippen MR) is 40.4 cm³/mol. The van der Waals surface area contributed by atoms with Crippen LogP contribution in [0, 0.1) is 0 Å². The molecule has 4 nitrogen and oxygen atoms in total. The fourth-order valence-corrected chi connectivity index (χ4v) is 1.31. The van der Waals surface area contributed by atoms with E-state index in [1.807, 2.05) is 0 Å². The van der Waals surface area contributed by atoms with Crippen LogP contribution in [-0.4, -0.2) is 8.42 Å². The van der Waals surface area contributed by atoms with Crippen molar-refractivity contribution in [3.05, 3.63) is 29.3 Å². The Balaban J connectivity index is 3.14. The molecule has 0 bridgehead atoms. The molecule has 0 spiro atoms. The zero-order valence-electron chi connectivity index (χ0n) is 5.73. The number of hydrogen-bond acceptors (Lipinski definition) is 3. The van der Waals surface area contributed by atoms with Gasteiger partial charge in [0.2, 0.25) is 0 Å². The van der Waals surface area contributed by atoms with Gasteiger partial charge >= 0.3 is 10.1 Å². The molecule has 1 radical (unpaired) electrons. The van der Waals surface area contributed by atoms with Crippen LogP contribution in [-0.2, 0) is 19.7 Å². The first-order chi connectivity index (χ1) is 5.56. The van der Waals surface area contributed by atoms with Crippen LogP contribution in [0.1, 0.15) is 0 Å². The zero-order chi connectivity index (χ0) is 9.19. The van der Waals surface area contributed by atoms with Gasteiger partial charge in [-0.1, -0.05) is 15.9 Å². The Labute approximate surface area is 74.4 Å². The SMILES string of the molecule is [O]OS(=O)(=O)c1ccc(Cl)cc1. The van der Waals surface area contributed by atoms with Gasteiger partial charge in [-0.2, -0.15) is 8.42 Å². The Morgan fingerprint density at radius 2 is 1.67 bits per heavy atom. The van der Waals surface area contributed by atoms with E-state index in [0.717, 1.165) is 0 Å². The molecule has 0 saturated heterocycles. The molecule has 0 amide bonds. The molecule has 0 atom stereocenters. The Kier molecular flexibility index (Phi) is 2.69. The van der Waals surface area contributed by atoms with Gasteiger partial charge in [-0.15, -0.1) is 0 Å². The molecule has 0 aromatic heterocycles. The summed E-state index contributed by atoms with van der Waals surface area (Å²) in [5, 5.41) is 10.1. The van der Waals surface area contributed by atoms with Gasteiger partial charge in [-0.3, -0.25) is 0 Å². The Bertz CT molecular complexity index is 356. The monoisotopic (exact) mass is 207 g/mol. The number of rotatable bonds is 2. The molecule has 65 valence electrons. The first kappa shape index (κ1) is 9.47. The highest BCUT2D eigenvalue weighted by molar-refractivity contribution is 7.86. The number of halogens is 1. The van der Waals surface area contributed by atoms with E-state index in [9.17, 15) is 13.7 Å². The Morgan fingerprint density at radius 3 is 2.08 bits per heavy atom. The summed E-state index contributed by atoms with van der Waals surface area (Å²) in [6.07, 6.45) is 0. The lowest BCUT2D eigenvalue weighted by Gasteiger charge is -1.96. The second kappa shape index (κ2) is 3.40.